The Bertz CT molecular complexity index is 1190. The van der Waals surface area contributed by atoms with Crippen molar-refractivity contribution in [1.82, 2.24) is 5.32 Å². The first-order valence-corrected chi connectivity index (χ1v) is 22.2. The van der Waals surface area contributed by atoms with E-state index in [2.05, 4.69) is 56.5 Å². The first-order valence-electron chi connectivity index (χ1n) is 22.2. The van der Waals surface area contributed by atoms with E-state index >= 15 is 0 Å². The molecular weight excluding hydrogens is 695 g/mol. The van der Waals surface area contributed by atoms with Crippen LogP contribution in [0.3, 0.4) is 0 Å². The lowest BCUT2D eigenvalue weighted by atomic mass is 10.0. The quantitative estimate of drug-likeness (QED) is 0.0332. The van der Waals surface area contributed by atoms with Crippen molar-refractivity contribution in [3.8, 4) is 0 Å². The summed E-state index contributed by atoms with van der Waals surface area (Å²) in [6.45, 7) is 6.11. The molecule has 0 aliphatic rings. The van der Waals surface area contributed by atoms with Crippen LogP contribution in [0.25, 0.3) is 0 Å². The fraction of sp³-hybridized carbons (Fsp3) is 0.600. The fourth-order valence-corrected chi connectivity index (χ4v) is 5.99. The summed E-state index contributed by atoms with van der Waals surface area (Å²) in [5.74, 6) is -0.650. The highest BCUT2D eigenvalue weighted by Crippen LogP contribution is 2.15. The lowest BCUT2D eigenvalue weighted by Crippen LogP contribution is -2.46. The third-order valence-electron chi connectivity index (χ3n) is 9.32. The van der Waals surface area contributed by atoms with Gasteiger partial charge in [-0.3, -0.25) is 9.59 Å². The number of carbonyl (C=O) groups is 2. The molecule has 316 valence electrons. The predicted molar refractivity (Wildman–Crippen MR) is 240 cm³/mol. The Labute approximate surface area is 343 Å². The second-order valence-electron chi connectivity index (χ2n) is 14.6. The highest BCUT2D eigenvalue weighted by atomic mass is 16.5. The van der Waals surface area contributed by atoms with Crippen molar-refractivity contribution < 1.29 is 24.5 Å². The number of hydrogen-bond acceptors (Lipinski definition) is 5. The van der Waals surface area contributed by atoms with E-state index < -0.39 is 18.2 Å². The van der Waals surface area contributed by atoms with Gasteiger partial charge in [0, 0.05) is 12.8 Å². The molecule has 0 saturated heterocycles. The van der Waals surface area contributed by atoms with E-state index in [-0.39, 0.29) is 24.9 Å². The summed E-state index contributed by atoms with van der Waals surface area (Å²) >= 11 is 0. The van der Waals surface area contributed by atoms with Gasteiger partial charge in [-0.25, -0.2) is 0 Å². The SMILES string of the molecule is CC/C=C/C=C/C=C\C=C/C=C/CC(CC(=O)NC(CO)C(O)CCCCCCCCCCCCC)OC(=O)CCCCCCC\C=C/C=C/C=C/C=C/CC. The summed E-state index contributed by atoms with van der Waals surface area (Å²) in [6.07, 6.45) is 57.4. The van der Waals surface area contributed by atoms with Gasteiger partial charge in [-0.1, -0.05) is 220 Å². The topological polar surface area (TPSA) is 95.9 Å². The molecule has 3 unspecified atom stereocenters. The lowest BCUT2D eigenvalue weighted by molar-refractivity contribution is -0.150. The van der Waals surface area contributed by atoms with Crippen LogP contribution in [0.2, 0.25) is 0 Å². The molecule has 0 aliphatic heterocycles. The normalized spacial score (nSPS) is 14.4. The van der Waals surface area contributed by atoms with Gasteiger partial charge >= 0.3 is 5.97 Å². The monoisotopic (exact) mass is 776 g/mol. The summed E-state index contributed by atoms with van der Waals surface area (Å²) in [5.41, 5.74) is 0. The number of aliphatic hydroxyl groups excluding tert-OH is 2. The van der Waals surface area contributed by atoms with Crippen LogP contribution in [0.1, 0.15) is 168 Å². The van der Waals surface area contributed by atoms with E-state index in [1.165, 1.54) is 51.4 Å². The van der Waals surface area contributed by atoms with Gasteiger partial charge in [-0.2, -0.15) is 0 Å². The van der Waals surface area contributed by atoms with Crippen LogP contribution in [-0.2, 0) is 14.3 Å². The Morgan fingerprint density at radius 2 is 1.00 bits per heavy atom. The molecule has 0 rings (SSSR count). The van der Waals surface area contributed by atoms with Crippen LogP contribution < -0.4 is 5.32 Å². The summed E-state index contributed by atoms with van der Waals surface area (Å²) in [7, 11) is 0. The Morgan fingerprint density at radius 1 is 0.554 bits per heavy atom. The molecule has 0 aromatic rings. The van der Waals surface area contributed by atoms with Gasteiger partial charge in [0.15, 0.2) is 0 Å². The molecule has 0 heterocycles. The van der Waals surface area contributed by atoms with E-state index in [0.29, 0.717) is 19.3 Å². The van der Waals surface area contributed by atoms with Gasteiger partial charge in [0.2, 0.25) is 5.91 Å². The number of unbranched alkanes of at least 4 members (excludes halogenated alkanes) is 15. The van der Waals surface area contributed by atoms with Crippen LogP contribution >= 0.6 is 0 Å². The third kappa shape index (κ3) is 37.4. The number of rotatable bonds is 37. The van der Waals surface area contributed by atoms with E-state index in [4.69, 9.17) is 4.74 Å². The van der Waals surface area contributed by atoms with E-state index in [1.807, 2.05) is 79.0 Å². The molecule has 1 amide bonds. The number of ether oxygens (including phenoxy) is 1. The number of carbonyl (C=O) groups excluding carboxylic acids is 2. The summed E-state index contributed by atoms with van der Waals surface area (Å²) in [5, 5.41) is 23.5. The first-order chi connectivity index (χ1) is 27.5. The van der Waals surface area contributed by atoms with Gasteiger partial charge in [-0.05, 0) is 38.5 Å². The average Bonchev–Trinajstić information content (AvgIpc) is 3.19. The predicted octanol–water partition coefficient (Wildman–Crippen LogP) is 12.8. The largest absolute Gasteiger partial charge is 0.461 e. The molecule has 0 aliphatic carbocycles. The third-order valence-corrected chi connectivity index (χ3v) is 9.32. The van der Waals surface area contributed by atoms with E-state index in [1.54, 1.807) is 0 Å². The minimum Gasteiger partial charge on any atom is -0.461 e. The molecule has 3 atom stereocenters. The van der Waals surface area contributed by atoms with E-state index in [0.717, 1.165) is 70.6 Å². The van der Waals surface area contributed by atoms with E-state index in [9.17, 15) is 19.8 Å². The van der Waals surface area contributed by atoms with Gasteiger partial charge in [0.25, 0.3) is 0 Å². The molecule has 0 aromatic heterocycles. The number of hydrogen-bond donors (Lipinski definition) is 3. The van der Waals surface area contributed by atoms with Crippen molar-refractivity contribution in [2.45, 2.75) is 187 Å². The zero-order valence-corrected chi connectivity index (χ0v) is 35.7. The molecule has 0 spiro atoms. The zero-order chi connectivity index (χ0) is 41.0. The second kappa shape index (κ2) is 42.7. The lowest BCUT2D eigenvalue weighted by Gasteiger charge is -2.24. The van der Waals surface area contributed by atoms with Gasteiger partial charge < -0.3 is 20.3 Å². The van der Waals surface area contributed by atoms with Crippen molar-refractivity contribution in [3.63, 3.8) is 0 Å². The number of nitrogens with one attached hydrogen (secondary N) is 1. The first kappa shape index (κ1) is 52.5. The highest BCUT2D eigenvalue weighted by molar-refractivity contribution is 5.77. The Balaban J connectivity index is 4.80. The van der Waals surface area contributed by atoms with Gasteiger partial charge in [0.1, 0.15) is 6.10 Å². The minimum absolute atomic E-state index is 0.0354. The molecule has 3 N–H and O–H groups in total. The summed E-state index contributed by atoms with van der Waals surface area (Å²) < 4.78 is 5.80. The number of esters is 1. The van der Waals surface area contributed by atoms with Crippen LogP contribution in [0.4, 0.5) is 0 Å². The van der Waals surface area contributed by atoms with Crippen LogP contribution in [0, 0.1) is 0 Å². The molecule has 0 fully saturated rings. The average molecular weight is 776 g/mol. The number of aliphatic hydroxyl groups is 2. The second-order valence-corrected chi connectivity index (χ2v) is 14.6. The van der Waals surface area contributed by atoms with Crippen LogP contribution in [0.5, 0.6) is 0 Å². The Hall–Kier alpha value is -3.48. The van der Waals surface area contributed by atoms with Crippen LogP contribution in [0.15, 0.2) is 109 Å². The van der Waals surface area contributed by atoms with Crippen LogP contribution in [-0.4, -0.2) is 46.9 Å². The van der Waals surface area contributed by atoms with Gasteiger partial charge in [0.05, 0.1) is 25.2 Å². The molecule has 0 aromatic carbocycles. The van der Waals surface area contributed by atoms with Crippen molar-refractivity contribution >= 4 is 11.9 Å². The van der Waals surface area contributed by atoms with Crippen molar-refractivity contribution in [2.75, 3.05) is 6.61 Å². The van der Waals surface area contributed by atoms with Gasteiger partial charge in [-0.15, -0.1) is 0 Å². The van der Waals surface area contributed by atoms with Crippen molar-refractivity contribution in [2.24, 2.45) is 0 Å². The molecule has 0 bridgehead atoms. The van der Waals surface area contributed by atoms with Crippen molar-refractivity contribution in [3.05, 3.63) is 109 Å². The molecule has 0 radical (unpaired) electrons. The standard InChI is InChI=1S/C50H81NO5/c1-4-7-10-13-16-19-22-23-24-25-28-31-34-37-40-43-50(55)56-46(41-38-35-32-29-26-20-17-14-11-8-5-2)44-49(54)51-47(45-52)48(53)42-39-36-33-30-27-21-18-15-12-9-6-3/h7-8,10-11,13-14,16-17,19-20,22-24,26,29,32,35,38,46-48,52-53H,4-6,9,12,15,18,21,25,27-28,30-31,33-34,36-37,39-45H2,1-3H3,(H,51,54)/b10-7+,11-8+,16-13+,17-14+,22-19+,24-23-,26-20-,32-29-,38-35+. The maximum Gasteiger partial charge on any atom is 0.306 e. The Kier molecular flexibility index (Phi) is 40.0. The molecule has 56 heavy (non-hydrogen) atoms. The Morgan fingerprint density at radius 3 is 1.52 bits per heavy atom. The minimum atomic E-state index is -0.827. The molecule has 6 heteroatoms. The zero-order valence-electron chi connectivity index (χ0n) is 35.7. The fourth-order valence-electron chi connectivity index (χ4n) is 5.99. The summed E-state index contributed by atoms with van der Waals surface area (Å²) in [6, 6.07) is -0.749. The number of allylic oxidation sites excluding steroid dienone is 17. The molecule has 6 nitrogen and oxygen atoms in total. The van der Waals surface area contributed by atoms with Crippen molar-refractivity contribution in [1.29, 1.82) is 0 Å². The molecule has 0 saturated carbocycles. The number of amides is 1. The highest BCUT2D eigenvalue weighted by Gasteiger charge is 2.23. The maximum absolute atomic E-state index is 13.1. The maximum atomic E-state index is 13.1. The summed E-state index contributed by atoms with van der Waals surface area (Å²) in [4.78, 5) is 25.9. The molecular formula is C50H81NO5. The smallest absolute Gasteiger partial charge is 0.306 e.